The number of nitrogens with one attached hydrogen (secondary N) is 1. The second-order valence-electron chi connectivity index (χ2n) is 7.31. The zero-order valence-corrected chi connectivity index (χ0v) is 19.1. The van der Waals surface area contributed by atoms with Crippen LogP contribution in [0, 0.1) is 5.92 Å². The zero-order chi connectivity index (χ0) is 22.6. The highest BCUT2D eigenvalue weighted by molar-refractivity contribution is 7.89. The highest BCUT2D eigenvalue weighted by Crippen LogP contribution is 2.31. The first-order chi connectivity index (χ1) is 14.8. The summed E-state index contributed by atoms with van der Waals surface area (Å²) in [5, 5.41) is 3.31. The van der Waals surface area contributed by atoms with Crippen LogP contribution < -0.4 is 10.2 Å². The smallest absolute Gasteiger partial charge is 0.243 e. The van der Waals surface area contributed by atoms with Crippen LogP contribution in [0.25, 0.3) is 0 Å². The van der Waals surface area contributed by atoms with Gasteiger partial charge in [0.25, 0.3) is 0 Å². The Morgan fingerprint density at radius 3 is 2.39 bits per heavy atom. The van der Waals surface area contributed by atoms with Crippen molar-refractivity contribution in [3.8, 4) is 0 Å². The fourth-order valence-corrected chi connectivity index (χ4v) is 5.31. The standard InChI is InChI=1S/C22H26ClN3O4S/c1-3-25(4-2)31(29,30)18-11-9-16(10-12-18)14-24-22(28)17-13-21(27)26(15-17)20-8-6-5-7-19(20)23/h5-12,17H,3-4,13-15H2,1-2H3,(H,24,28). The Balaban J connectivity index is 1.60. The van der Waals surface area contributed by atoms with Crippen molar-refractivity contribution >= 4 is 39.1 Å². The number of hydrogen-bond acceptors (Lipinski definition) is 4. The van der Waals surface area contributed by atoms with Crippen molar-refractivity contribution in [2.75, 3.05) is 24.5 Å². The van der Waals surface area contributed by atoms with Crippen molar-refractivity contribution in [2.24, 2.45) is 5.92 Å². The maximum atomic E-state index is 12.6. The fraction of sp³-hybridized carbons (Fsp3) is 0.364. The number of benzene rings is 2. The van der Waals surface area contributed by atoms with Gasteiger partial charge in [0.2, 0.25) is 21.8 Å². The molecule has 31 heavy (non-hydrogen) atoms. The maximum Gasteiger partial charge on any atom is 0.243 e. The predicted octanol–water partition coefficient (Wildman–Crippen LogP) is 3.04. The lowest BCUT2D eigenvalue weighted by atomic mass is 10.1. The summed E-state index contributed by atoms with van der Waals surface area (Å²) in [6.45, 7) is 4.93. The molecule has 1 aliphatic heterocycles. The number of carbonyl (C=O) groups is 2. The lowest BCUT2D eigenvalue weighted by molar-refractivity contribution is -0.126. The van der Waals surface area contributed by atoms with Crippen LogP contribution in [0.2, 0.25) is 5.02 Å². The van der Waals surface area contributed by atoms with E-state index in [1.54, 1.807) is 67.3 Å². The van der Waals surface area contributed by atoms with E-state index in [2.05, 4.69) is 5.32 Å². The van der Waals surface area contributed by atoms with E-state index in [9.17, 15) is 18.0 Å². The Morgan fingerprint density at radius 1 is 1.13 bits per heavy atom. The number of sulfonamides is 1. The number of amides is 2. The van der Waals surface area contributed by atoms with Crippen molar-refractivity contribution < 1.29 is 18.0 Å². The molecule has 0 saturated carbocycles. The molecule has 0 bridgehead atoms. The molecule has 1 fully saturated rings. The second kappa shape index (κ2) is 9.80. The number of carbonyl (C=O) groups excluding carboxylic acids is 2. The third-order valence-corrected chi connectivity index (χ3v) is 7.76. The van der Waals surface area contributed by atoms with E-state index in [4.69, 9.17) is 11.6 Å². The molecule has 0 aliphatic carbocycles. The Morgan fingerprint density at radius 2 is 1.77 bits per heavy atom. The maximum absolute atomic E-state index is 12.6. The van der Waals surface area contributed by atoms with Gasteiger partial charge in [-0.05, 0) is 29.8 Å². The van der Waals surface area contributed by atoms with Crippen LogP contribution in [0.3, 0.4) is 0 Å². The van der Waals surface area contributed by atoms with Crippen LogP contribution in [0.4, 0.5) is 5.69 Å². The number of hydrogen-bond donors (Lipinski definition) is 1. The van der Waals surface area contributed by atoms with Crippen LogP contribution in [0.1, 0.15) is 25.8 Å². The zero-order valence-electron chi connectivity index (χ0n) is 17.5. The van der Waals surface area contributed by atoms with Gasteiger partial charge in [-0.3, -0.25) is 9.59 Å². The van der Waals surface area contributed by atoms with Crippen molar-refractivity contribution in [1.29, 1.82) is 0 Å². The quantitative estimate of drug-likeness (QED) is 0.651. The first-order valence-corrected chi connectivity index (χ1v) is 12.0. The van der Waals surface area contributed by atoms with E-state index < -0.39 is 15.9 Å². The van der Waals surface area contributed by atoms with Crippen molar-refractivity contribution in [3.05, 3.63) is 59.1 Å². The van der Waals surface area contributed by atoms with Gasteiger partial charge in [0.1, 0.15) is 0 Å². The molecule has 1 aliphatic rings. The summed E-state index contributed by atoms with van der Waals surface area (Å²) in [6.07, 6.45) is 0.123. The van der Waals surface area contributed by atoms with E-state index in [1.165, 1.54) is 4.31 Å². The SMILES string of the molecule is CCN(CC)S(=O)(=O)c1ccc(CNC(=O)C2CC(=O)N(c3ccccc3Cl)C2)cc1. The van der Waals surface area contributed by atoms with E-state index in [1.807, 2.05) is 0 Å². The van der Waals surface area contributed by atoms with Crippen LogP contribution in [-0.4, -0.2) is 44.2 Å². The molecule has 9 heteroatoms. The predicted molar refractivity (Wildman–Crippen MR) is 120 cm³/mol. The average molecular weight is 464 g/mol. The molecule has 166 valence electrons. The topological polar surface area (TPSA) is 86.8 Å². The molecule has 0 radical (unpaired) electrons. The van der Waals surface area contributed by atoms with Crippen LogP contribution in [0.5, 0.6) is 0 Å². The first kappa shape index (κ1) is 23.2. The monoisotopic (exact) mass is 463 g/mol. The third kappa shape index (κ3) is 5.08. The van der Waals surface area contributed by atoms with Gasteiger partial charge in [0, 0.05) is 32.6 Å². The van der Waals surface area contributed by atoms with Crippen LogP contribution >= 0.6 is 11.6 Å². The highest BCUT2D eigenvalue weighted by Gasteiger charge is 2.35. The third-order valence-electron chi connectivity index (χ3n) is 5.37. The Bertz CT molecular complexity index is 1050. The molecule has 2 aromatic rings. The molecule has 2 amide bonds. The largest absolute Gasteiger partial charge is 0.352 e. The number of nitrogens with zero attached hydrogens (tertiary/aromatic N) is 2. The molecule has 1 N–H and O–H groups in total. The number of halogens is 1. The fourth-order valence-electron chi connectivity index (χ4n) is 3.61. The normalized spacial score (nSPS) is 16.7. The average Bonchev–Trinajstić information content (AvgIpc) is 3.15. The molecule has 0 spiro atoms. The summed E-state index contributed by atoms with van der Waals surface area (Å²) in [5.41, 5.74) is 1.38. The lowest BCUT2D eigenvalue weighted by Crippen LogP contribution is -2.32. The van der Waals surface area contributed by atoms with E-state index in [0.717, 1.165) is 5.56 Å². The molecular formula is C22H26ClN3O4S. The molecule has 1 heterocycles. The number of para-hydroxylation sites is 1. The van der Waals surface area contributed by atoms with Gasteiger partial charge in [-0.25, -0.2) is 8.42 Å². The van der Waals surface area contributed by atoms with Crippen molar-refractivity contribution in [3.63, 3.8) is 0 Å². The van der Waals surface area contributed by atoms with Crippen molar-refractivity contribution in [1.82, 2.24) is 9.62 Å². The highest BCUT2D eigenvalue weighted by atomic mass is 35.5. The van der Waals surface area contributed by atoms with E-state index in [-0.39, 0.29) is 36.2 Å². The minimum absolute atomic E-state index is 0.123. The van der Waals surface area contributed by atoms with Gasteiger partial charge in [-0.1, -0.05) is 49.7 Å². The molecule has 1 unspecified atom stereocenters. The summed E-state index contributed by atoms with van der Waals surface area (Å²) < 4.78 is 26.5. The van der Waals surface area contributed by atoms with E-state index >= 15 is 0 Å². The Kier molecular flexibility index (Phi) is 7.35. The summed E-state index contributed by atoms with van der Waals surface area (Å²) in [4.78, 5) is 26.7. The van der Waals surface area contributed by atoms with Gasteiger partial charge < -0.3 is 10.2 Å². The molecule has 2 aromatic carbocycles. The minimum atomic E-state index is -3.51. The Hall–Kier alpha value is -2.42. The molecular weight excluding hydrogens is 438 g/mol. The summed E-state index contributed by atoms with van der Waals surface area (Å²) in [6, 6.07) is 13.5. The summed E-state index contributed by atoms with van der Waals surface area (Å²) in [5.74, 6) is -0.826. The van der Waals surface area contributed by atoms with Gasteiger partial charge in [0.05, 0.1) is 21.5 Å². The van der Waals surface area contributed by atoms with Crippen LogP contribution in [0.15, 0.2) is 53.4 Å². The number of rotatable bonds is 8. The van der Waals surface area contributed by atoms with Gasteiger partial charge in [-0.2, -0.15) is 4.31 Å². The van der Waals surface area contributed by atoms with Gasteiger partial charge >= 0.3 is 0 Å². The molecule has 0 aromatic heterocycles. The van der Waals surface area contributed by atoms with Gasteiger partial charge in [-0.15, -0.1) is 0 Å². The summed E-state index contributed by atoms with van der Waals surface area (Å²) >= 11 is 6.18. The molecule has 1 atom stereocenters. The second-order valence-corrected chi connectivity index (χ2v) is 9.65. The summed E-state index contributed by atoms with van der Waals surface area (Å²) in [7, 11) is -3.51. The van der Waals surface area contributed by atoms with Crippen LogP contribution in [-0.2, 0) is 26.2 Å². The lowest BCUT2D eigenvalue weighted by Gasteiger charge is -2.19. The molecule has 7 nitrogen and oxygen atoms in total. The van der Waals surface area contributed by atoms with Crippen molar-refractivity contribution in [2.45, 2.75) is 31.7 Å². The Labute approximate surface area is 188 Å². The number of anilines is 1. The first-order valence-electron chi connectivity index (χ1n) is 10.2. The molecule has 1 saturated heterocycles. The van der Waals surface area contributed by atoms with E-state index in [0.29, 0.717) is 23.8 Å². The minimum Gasteiger partial charge on any atom is -0.352 e. The van der Waals surface area contributed by atoms with Gasteiger partial charge in [0.15, 0.2) is 0 Å². The molecule has 3 rings (SSSR count).